The summed E-state index contributed by atoms with van der Waals surface area (Å²) in [5.41, 5.74) is 1.03. The zero-order valence-electron chi connectivity index (χ0n) is 11.3. The molecule has 22 heavy (non-hydrogen) atoms. The van der Waals surface area contributed by atoms with E-state index >= 15 is 0 Å². The van der Waals surface area contributed by atoms with Crippen LogP contribution in [0.25, 0.3) is 0 Å². The number of hydrogen-bond donors (Lipinski definition) is 1. The molecule has 0 aliphatic rings. The molecule has 0 saturated carbocycles. The summed E-state index contributed by atoms with van der Waals surface area (Å²) < 4.78 is 28.6. The van der Waals surface area contributed by atoms with Gasteiger partial charge in [-0.15, -0.1) is 11.3 Å². The van der Waals surface area contributed by atoms with Crippen molar-refractivity contribution in [1.82, 2.24) is 9.78 Å². The average molecular weight is 354 g/mol. The smallest absolute Gasteiger partial charge is 0.266 e. The highest BCUT2D eigenvalue weighted by atomic mass is 35.5. The average Bonchev–Trinajstić information content (AvgIpc) is 3.13. The zero-order chi connectivity index (χ0) is 15.6. The van der Waals surface area contributed by atoms with Crippen LogP contribution in [-0.2, 0) is 16.6 Å². The maximum Gasteiger partial charge on any atom is 0.272 e. The van der Waals surface area contributed by atoms with E-state index in [4.69, 9.17) is 11.6 Å². The van der Waals surface area contributed by atoms with Crippen LogP contribution in [0.4, 0.5) is 5.82 Å². The normalized spacial score (nSPS) is 11.5. The highest BCUT2D eigenvalue weighted by molar-refractivity contribution is 7.94. The fourth-order valence-corrected chi connectivity index (χ4v) is 4.00. The molecule has 0 atom stereocenters. The molecule has 3 rings (SSSR count). The fraction of sp³-hybridized carbons (Fsp3) is 0.0714. The van der Waals surface area contributed by atoms with Gasteiger partial charge in [-0.1, -0.05) is 29.8 Å². The number of benzene rings is 1. The number of sulfonamides is 1. The number of anilines is 1. The molecule has 0 bridgehead atoms. The van der Waals surface area contributed by atoms with E-state index in [1.807, 2.05) is 12.1 Å². The van der Waals surface area contributed by atoms with Crippen molar-refractivity contribution in [2.45, 2.75) is 10.8 Å². The topological polar surface area (TPSA) is 64.0 Å². The number of thiophene rings is 1. The third-order valence-corrected chi connectivity index (χ3v) is 5.90. The van der Waals surface area contributed by atoms with Gasteiger partial charge in [0.2, 0.25) is 0 Å². The molecule has 114 valence electrons. The number of nitrogens with zero attached hydrogens (tertiary/aromatic N) is 2. The monoisotopic (exact) mass is 353 g/mol. The van der Waals surface area contributed by atoms with Crippen molar-refractivity contribution in [3.63, 3.8) is 0 Å². The van der Waals surface area contributed by atoms with Crippen LogP contribution in [0.1, 0.15) is 5.56 Å². The van der Waals surface area contributed by atoms with Gasteiger partial charge in [-0.3, -0.25) is 9.40 Å². The molecule has 2 aromatic heterocycles. The molecular weight excluding hydrogens is 342 g/mol. The van der Waals surface area contributed by atoms with E-state index in [9.17, 15) is 8.42 Å². The standard InChI is InChI=1S/C14H12ClN3O2S2/c15-12-5-3-11(4-6-12)10-18-8-7-13(16-18)17-22(19,20)14-2-1-9-21-14/h1-9H,10H2,(H,16,17). The van der Waals surface area contributed by atoms with Gasteiger partial charge in [0, 0.05) is 17.3 Å². The van der Waals surface area contributed by atoms with E-state index in [2.05, 4.69) is 9.82 Å². The van der Waals surface area contributed by atoms with Crippen LogP contribution in [-0.4, -0.2) is 18.2 Å². The van der Waals surface area contributed by atoms with Gasteiger partial charge in [-0.2, -0.15) is 5.10 Å². The first-order valence-corrected chi connectivity index (χ1v) is 9.11. The first-order valence-electron chi connectivity index (χ1n) is 6.37. The van der Waals surface area contributed by atoms with Gasteiger partial charge in [-0.05, 0) is 29.1 Å². The number of halogens is 1. The van der Waals surface area contributed by atoms with Crippen LogP contribution in [0.3, 0.4) is 0 Å². The van der Waals surface area contributed by atoms with E-state index < -0.39 is 10.0 Å². The van der Waals surface area contributed by atoms with E-state index in [1.165, 1.54) is 0 Å². The predicted octanol–water partition coefficient (Wildman–Crippen LogP) is 3.45. The minimum Gasteiger partial charge on any atom is -0.266 e. The zero-order valence-corrected chi connectivity index (χ0v) is 13.7. The van der Waals surface area contributed by atoms with Crippen LogP contribution >= 0.6 is 22.9 Å². The van der Waals surface area contributed by atoms with Gasteiger partial charge in [0.05, 0.1) is 6.54 Å². The van der Waals surface area contributed by atoms with Crippen LogP contribution in [0.15, 0.2) is 58.3 Å². The molecule has 0 fully saturated rings. The molecular formula is C14H12ClN3O2S2. The van der Waals surface area contributed by atoms with E-state index in [0.29, 0.717) is 17.4 Å². The summed E-state index contributed by atoms with van der Waals surface area (Å²) in [7, 11) is -3.56. The molecule has 0 spiro atoms. The fourth-order valence-electron chi connectivity index (χ4n) is 1.89. The second-order valence-electron chi connectivity index (χ2n) is 4.56. The van der Waals surface area contributed by atoms with E-state index in [0.717, 1.165) is 16.9 Å². The SMILES string of the molecule is O=S(=O)(Nc1ccn(Cc2ccc(Cl)cc2)n1)c1cccs1. The van der Waals surface area contributed by atoms with Gasteiger partial charge in [0.1, 0.15) is 4.21 Å². The lowest BCUT2D eigenvalue weighted by Gasteiger charge is -2.04. The molecule has 3 aromatic rings. The van der Waals surface area contributed by atoms with Crippen molar-refractivity contribution in [3.8, 4) is 0 Å². The highest BCUT2D eigenvalue weighted by Crippen LogP contribution is 2.19. The summed E-state index contributed by atoms with van der Waals surface area (Å²) in [5.74, 6) is 0.294. The van der Waals surface area contributed by atoms with Crippen LogP contribution in [0.2, 0.25) is 5.02 Å². The molecule has 1 aromatic carbocycles. The Hall–Kier alpha value is -1.83. The Morgan fingerprint density at radius 2 is 1.95 bits per heavy atom. The largest absolute Gasteiger partial charge is 0.272 e. The van der Waals surface area contributed by atoms with Gasteiger partial charge in [0.25, 0.3) is 10.0 Å². The van der Waals surface area contributed by atoms with Gasteiger partial charge >= 0.3 is 0 Å². The second-order valence-corrected chi connectivity index (χ2v) is 7.86. The lowest BCUT2D eigenvalue weighted by molar-refractivity contribution is 0.602. The number of rotatable bonds is 5. The van der Waals surface area contributed by atoms with E-state index in [-0.39, 0.29) is 4.21 Å². The molecule has 0 saturated heterocycles. The van der Waals surface area contributed by atoms with Gasteiger partial charge in [-0.25, -0.2) is 8.42 Å². The lowest BCUT2D eigenvalue weighted by Crippen LogP contribution is -2.12. The minimum atomic E-state index is -3.56. The highest BCUT2D eigenvalue weighted by Gasteiger charge is 2.16. The van der Waals surface area contributed by atoms with E-state index in [1.54, 1.807) is 46.6 Å². The molecule has 0 aliphatic heterocycles. The summed E-state index contributed by atoms with van der Waals surface area (Å²) in [6.45, 7) is 0.540. The van der Waals surface area contributed by atoms with Crippen LogP contribution in [0, 0.1) is 0 Å². The summed E-state index contributed by atoms with van der Waals surface area (Å²) in [6.07, 6.45) is 1.72. The quantitative estimate of drug-likeness (QED) is 0.764. The summed E-state index contributed by atoms with van der Waals surface area (Å²) in [6, 6.07) is 12.3. The van der Waals surface area contributed by atoms with Crippen LogP contribution in [0.5, 0.6) is 0 Å². The third-order valence-electron chi connectivity index (χ3n) is 2.90. The van der Waals surface area contributed by atoms with Crippen molar-refractivity contribution >= 4 is 38.8 Å². The molecule has 2 heterocycles. The first-order chi connectivity index (χ1) is 10.5. The van der Waals surface area contributed by atoms with Crippen molar-refractivity contribution in [2.24, 2.45) is 0 Å². The Morgan fingerprint density at radius 3 is 2.64 bits per heavy atom. The third kappa shape index (κ3) is 3.49. The maximum atomic E-state index is 12.1. The van der Waals surface area contributed by atoms with Crippen LogP contribution < -0.4 is 4.72 Å². The first kappa shape index (κ1) is 15.1. The molecule has 8 heteroatoms. The van der Waals surface area contributed by atoms with Crippen molar-refractivity contribution in [3.05, 3.63) is 64.6 Å². The molecule has 0 aliphatic carbocycles. The summed E-state index contributed by atoms with van der Waals surface area (Å²) in [5, 5.41) is 6.61. The Bertz CT molecular complexity index is 856. The Labute approximate surface area is 137 Å². The van der Waals surface area contributed by atoms with Crippen molar-refractivity contribution in [2.75, 3.05) is 4.72 Å². The molecule has 5 nitrogen and oxygen atoms in total. The number of nitrogens with one attached hydrogen (secondary N) is 1. The molecule has 0 unspecified atom stereocenters. The number of hydrogen-bond acceptors (Lipinski definition) is 4. The van der Waals surface area contributed by atoms with Crippen molar-refractivity contribution < 1.29 is 8.42 Å². The summed E-state index contributed by atoms with van der Waals surface area (Å²) in [4.78, 5) is 0. The predicted molar refractivity (Wildman–Crippen MR) is 87.9 cm³/mol. The van der Waals surface area contributed by atoms with Crippen molar-refractivity contribution in [1.29, 1.82) is 0 Å². The Morgan fingerprint density at radius 1 is 1.18 bits per heavy atom. The summed E-state index contributed by atoms with van der Waals surface area (Å²) >= 11 is 7.00. The second kappa shape index (κ2) is 6.12. The lowest BCUT2D eigenvalue weighted by atomic mass is 10.2. The minimum absolute atomic E-state index is 0.264. The van der Waals surface area contributed by atoms with Gasteiger partial charge in [0.15, 0.2) is 5.82 Å². The molecule has 0 amide bonds. The number of aromatic nitrogens is 2. The Balaban J connectivity index is 1.73. The Kier molecular flexibility index (Phi) is 4.19. The van der Waals surface area contributed by atoms with Gasteiger partial charge < -0.3 is 0 Å². The maximum absolute atomic E-state index is 12.1. The molecule has 1 N–H and O–H groups in total. The molecule has 0 radical (unpaired) electrons.